The van der Waals surface area contributed by atoms with Crippen molar-refractivity contribution in [1.29, 1.82) is 0 Å². The number of hydrogen-bond acceptors (Lipinski definition) is 2. The zero-order valence-electron chi connectivity index (χ0n) is 27.5. The van der Waals surface area contributed by atoms with Gasteiger partial charge in [-0.2, -0.15) is 0 Å². The smallest absolute Gasteiger partial charge is 0.326 e. The number of hydrogen-bond donors (Lipinski definition) is 0. The Morgan fingerprint density at radius 3 is 2.11 bits per heavy atom. The topological polar surface area (TPSA) is 31.2 Å². The third kappa shape index (κ3) is 4.19. The Morgan fingerprint density at radius 2 is 1.33 bits per heavy atom. The molecule has 3 nitrogen and oxygen atoms in total. The van der Waals surface area contributed by atoms with E-state index in [0.717, 1.165) is 35.2 Å². The molecule has 0 bridgehead atoms. The van der Waals surface area contributed by atoms with Crippen LogP contribution in [-0.4, -0.2) is 16.6 Å². The number of para-hydroxylation sites is 2. The van der Waals surface area contributed by atoms with Crippen LogP contribution < -0.4 is 0 Å². The van der Waals surface area contributed by atoms with Crippen LogP contribution in [0.3, 0.4) is 0 Å². The molecule has 0 saturated heterocycles. The summed E-state index contributed by atoms with van der Waals surface area (Å²) in [5, 5.41) is 5.26. The second-order valence-corrected chi connectivity index (χ2v) is 15.9. The summed E-state index contributed by atoms with van der Waals surface area (Å²) in [7, 11) is 0. The molecule has 0 amide bonds. The largest absolute Gasteiger partial charge is 0.460 e. The number of benzene rings is 4. The summed E-state index contributed by atoms with van der Waals surface area (Å²) in [5.41, 5.74) is 4.30. The van der Waals surface area contributed by atoms with E-state index in [1.165, 1.54) is 72.9 Å². The Morgan fingerprint density at radius 1 is 0.674 bits per heavy atom. The summed E-state index contributed by atoms with van der Waals surface area (Å²) in [6.45, 7) is 5.44. The number of fused-ring (bicyclic) bond motifs is 9. The molecule has 9 rings (SSSR count). The maximum Gasteiger partial charge on any atom is 0.326 e. The van der Waals surface area contributed by atoms with E-state index < -0.39 is 0 Å². The lowest BCUT2D eigenvalue weighted by Gasteiger charge is -2.62. The van der Waals surface area contributed by atoms with Crippen molar-refractivity contribution in [3.8, 4) is 0 Å². The normalized spacial score (nSPS) is 33.9. The van der Waals surface area contributed by atoms with Crippen LogP contribution in [0.1, 0.15) is 83.1 Å². The molecule has 236 valence electrons. The number of ether oxygens (including phenoxy) is 1. The molecule has 8 unspecified atom stereocenters. The molecule has 4 fully saturated rings. The van der Waals surface area contributed by atoms with Crippen LogP contribution in [-0.2, 0) is 16.1 Å². The van der Waals surface area contributed by atoms with Gasteiger partial charge in [0.2, 0.25) is 0 Å². The average molecular weight is 610 g/mol. The van der Waals surface area contributed by atoms with E-state index >= 15 is 0 Å². The lowest BCUT2D eigenvalue weighted by Crippen LogP contribution is -2.54. The van der Waals surface area contributed by atoms with Crippen molar-refractivity contribution < 1.29 is 9.53 Å². The predicted molar refractivity (Wildman–Crippen MR) is 188 cm³/mol. The van der Waals surface area contributed by atoms with Gasteiger partial charge < -0.3 is 9.30 Å². The molecule has 46 heavy (non-hydrogen) atoms. The number of nitrogens with zero attached hydrogens (tertiary/aromatic N) is 1. The third-order valence-electron chi connectivity index (χ3n) is 14.0. The first kappa shape index (κ1) is 28.6. The number of carbonyl (C=O) groups excluding carboxylic acids is 1. The fraction of sp³-hybridized carbons (Fsp3) is 0.465. The summed E-state index contributed by atoms with van der Waals surface area (Å²) in [6.07, 6.45) is 11.5. The number of esters is 1. The van der Waals surface area contributed by atoms with E-state index in [-0.39, 0.29) is 24.0 Å². The highest BCUT2D eigenvalue weighted by Crippen LogP contribution is 2.68. The average Bonchev–Trinajstić information content (AvgIpc) is 3.58. The minimum atomic E-state index is -0.0821. The van der Waals surface area contributed by atoms with Gasteiger partial charge >= 0.3 is 5.97 Å². The van der Waals surface area contributed by atoms with Crippen molar-refractivity contribution in [2.24, 2.45) is 34.5 Å². The molecule has 4 aromatic carbocycles. The minimum Gasteiger partial charge on any atom is -0.460 e. The zero-order valence-corrected chi connectivity index (χ0v) is 27.5. The number of carbonyl (C=O) groups is 1. The van der Waals surface area contributed by atoms with Gasteiger partial charge in [-0.05, 0) is 115 Å². The highest BCUT2D eigenvalue weighted by molar-refractivity contribution is 6.08. The summed E-state index contributed by atoms with van der Waals surface area (Å²) < 4.78 is 8.69. The van der Waals surface area contributed by atoms with Crippen molar-refractivity contribution in [3.05, 3.63) is 96.6 Å². The summed E-state index contributed by atoms with van der Waals surface area (Å²) in [6, 6.07) is 32.9. The standard InChI is InChI=1S/C43H47NO2/c1-42-25-10-17-31(30-16-9-12-28-11-3-4-13-29(28)30)35(42)21-20-34-36-22-23-40(43(36,2)26-24-37(34)42)46-41(45)27-44-38-18-7-5-14-32(38)33-15-6-8-19-39(33)44/h3-9,11-16,18-19,31,34-37,40H,10,17,20-27H2,1-2H3. The van der Waals surface area contributed by atoms with Gasteiger partial charge in [0.15, 0.2) is 0 Å². The summed E-state index contributed by atoms with van der Waals surface area (Å²) in [5.74, 6) is 3.55. The van der Waals surface area contributed by atoms with Crippen molar-refractivity contribution in [2.75, 3.05) is 0 Å². The maximum atomic E-state index is 13.7. The van der Waals surface area contributed by atoms with Crippen LogP contribution in [0.4, 0.5) is 0 Å². The first-order valence-electron chi connectivity index (χ1n) is 18.1. The molecule has 8 atom stereocenters. The molecule has 4 aliphatic carbocycles. The van der Waals surface area contributed by atoms with Gasteiger partial charge in [-0.3, -0.25) is 4.79 Å². The molecule has 1 heterocycles. The van der Waals surface area contributed by atoms with Crippen LogP contribution in [0.15, 0.2) is 91.0 Å². The summed E-state index contributed by atoms with van der Waals surface area (Å²) >= 11 is 0. The molecule has 0 N–H and O–H groups in total. The number of rotatable bonds is 4. The fourth-order valence-electron chi connectivity index (χ4n) is 12.0. The molecular formula is C43H47NO2. The van der Waals surface area contributed by atoms with E-state index in [2.05, 4.69) is 109 Å². The van der Waals surface area contributed by atoms with Gasteiger partial charge in [0, 0.05) is 27.2 Å². The molecule has 4 saturated carbocycles. The van der Waals surface area contributed by atoms with Crippen molar-refractivity contribution in [3.63, 3.8) is 0 Å². The van der Waals surface area contributed by atoms with Gasteiger partial charge in [0.1, 0.15) is 12.6 Å². The Bertz CT molecular complexity index is 1900. The lowest BCUT2D eigenvalue weighted by atomic mass is 9.43. The fourth-order valence-corrected chi connectivity index (χ4v) is 12.0. The van der Waals surface area contributed by atoms with Crippen molar-refractivity contribution in [1.82, 2.24) is 4.57 Å². The monoisotopic (exact) mass is 609 g/mol. The van der Waals surface area contributed by atoms with Crippen molar-refractivity contribution in [2.45, 2.75) is 90.2 Å². The summed E-state index contributed by atoms with van der Waals surface area (Å²) in [4.78, 5) is 13.7. The van der Waals surface area contributed by atoms with E-state index in [9.17, 15) is 4.79 Å². The van der Waals surface area contributed by atoms with Crippen molar-refractivity contribution >= 4 is 38.5 Å². The van der Waals surface area contributed by atoms with E-state index in [4.69, 9.17) is 4.74 Å². The van der Waals surface area contributed by atoms with Crippen LogP contribution in [0, 0.1) is 34.5 Å². The Labute approximate surface area is 273 Å². The Kier molecular flexibility index (Phi) is 6.67. The second-order valence-electron chi connectivity index (χ2n) is 15.9. The quantitative estimate of drug-likeness (QED) is 0.190. The van der Waals surface area contributed by atoms with Crippen LogP contribution >= 0.6 is 0 Å². The third-order valence-corrected chi connectivity index (χ3v) is 14.0. The van der Waals surface area contributed by atoms with Gasteiger partial charge in [-0.25, -0.2) is 0 Å². The number of aromatic nitrogens is 1. The highest BCUT2D eigenvalue weighted by Gasteiger charge is 2.61. The van der Waals surface area contributed by atoms with E-state index in [0.29, 0.717) is 17.3 Å². The first-order valence-corrected chi connectivity index (χ1v) is 18.1. The van der Waals surface area contributed by atoms with Gasteiger partial charge in [0.05, 0.1) is 0 Å². The minimum absolute atomic E-state index is 0.0272. The molecule has 5 aromatic rings. The molecule has 1 aromatic heterocycles. The Balaban J connectivity index is 0.951. The highest BCUT2D eigenvalue weighted by atomic mass is 16.5. The second kappa shape index (κ2) is 10.7. The molecule has 4 aliphatic rings. The SMILES string of the molecule is CC12CCC3C(CCC4C(c5cccc6ccccc56)CCCC43C)C1CCC2OC(=O)Cn1c2ccccc2c2ccccc21. The van der Waals surface area contributed by atoms with E-state index in [1.807, 2.05) is 0 Å². The van der Waals surface area contributed by atoms with Gasteiger partial charge in [-0.1, -0.05) is 99.1 Å². The maximum absolute atomic E-state index is 13.7. The van der Waals surface area contributed by atoms with Crippen LogP contribution in [0.25, 0.3) is 32.6 Å². The lowest BCUT2D eigenvalue weighted by molar-refractivity contribution is -0.164. The van der Waals surface area contributed by atoms with E-state index in [1.54, 1.807) is 5.56 Å². The van der Waals surface area contributed by atoms with Crippen LogP contribution in [0.5, 0.6) is 0 Å². The Hall–Kier alpha value is -3.59. The molecule has 0 radical (unpaired) electrons. The van der Waals surface area contributed by atoms with Gasteiger partial charge in [-0.15, -0.1) is 0 Å². The molecule has 0 spiro atoms. The zero-order chi connectivity index (χ0) is 31.0. The predicted octanol–water partition coefficient (Wildman–Crippen LogP) is 10.7. The molecular weight excluding hydrogens is 562 g/mol. The molecule has 3 heteroatoms. The first-order chi connectivity index (χ1) is 22.5. The van der Waals surface area contributed by atoms with Crippen LogP contribution in [0.2, 0.25) is 0 Å². The van der Waals surface area contributed by atoms with Gasteiger partial charge in [0.25, 0.3) is 0 Å². The molecule has 0 aliphatic heterocycles.